The molecule has 1 aromatic rings. The summed E-state index contributed by atoms with van der Waals surface area (Å²) in [4.78, 5) is 8.90. The number of hydrogen-bond acceptors (Lipinski definition) is 4. The Morgan fingerprint density at radius 1 is 1.38 bits per heavy atom. The second-order valence-electron chi connectivity index (χ2n) is 3.90. The highest BCUT2D eigenvalue weighted by atomic mass is 127. The van der Waals surface area contributed by atoms with Crippen molar-refractivity contribution in [2.75, 3.05) is 5.73 Å². The molecule has 5 heteroatoms. The second-order valence-corrected chi connectivity index (χ2v) is 6.54. The van der Waals surface area contributed by atoms with Crippen LogP contribution < -0.4 is 5.73 Å². The number of aromatic nitrogens is 2. The molecule has 1 heterocycles. The van der Waals surface area contributed by atoms with Crippen molar-refractivity contribution < 1.29 is 0 Å². The first kappa shape index (κ1) is 14.0. The van der Waals surface area contributed by atoms with Crippen LogP contribution in [0, 0.1) is 3.57 Å². The molecule has 0 bridgehead atoms. The molecule has 3 nitrogen and oxygen atoms in total. The molecule has 0 saturated heterocycles. The van der Waals surface area contributed by atoms with Crippen molar-refractivity contribution in [1.82, 2.24) is 9.97 Å². The lowest BCUT2D eigenvalue weighted by Crippen LogP contribution is -2.07. The molecular weight excluding hydrogens is 333 g/mol. The van der Waals surface area contributed by atoms with E-state index in [1.807, 2.05) is 11.8 Å². The second kappa shape index (κ2) is 6.64. The van der Waals surface area contributed by atoms with E-state index >= 15 is 0 Å². The maximum Gasteiger partial charge on any atom is 0.140 e. The Morgan fingerprint density at radius 2 is 2.06 bits per heavy atom. The van der Waals surface area contributed by atoms with E-state index in [2.05, 4.69) is 53.3 Å². The van der Waals surface area contributed by atoms with Gasteiger partial charge in [0.05, 0.1) is 15.0 Å². The quantitative estimate of drug-likeness (QED) is 0.828. The lowest BCUT2D eigenvalue weighted by molar-refractivity contribution is 0.847. The van der Waals surface area contributed by atoms with Crippen molar-refractivity contribution in [3.05, 3.63) is 15.1 Å². The fourth-order valence-corrected chi connectivity index (χ4v) is 2.40. The average molecular weight is 351 g/mol. The number of anilines is 1. The molecule has 0 unspecified atom stereocenters. The molecule has 0 aliphatic rings. The van der Waals surface area contributed by atoms with E-state index < -0.39 is 0 Å². The third kappa shape index (κ3) is 4.08. The normalized spacial score (nSPS) is 11.1. The van der Waals surface area contributed by atoms with Crippen LogP contribution in [0.3, 0.4) is 0 Å². The van der Waals surface area contributed by atoms with Gasteiger partial charge in [-0.1, -0.05) is 27.2 Å². The van der Waals surface area contributed by atoms with Gasteiger partial charge in [-0.25, -0.2) is 9.97 Å². The van der Waals surface area contributed by atoms with Crippen molar-refractivity contribution in [1.29, 1.82) is 0 Å². The van der Waals surface area contributed by atoms with E-state index in [9.17, 15) is 0 Å². The zero-order valence-electron chi connectivity index (χ0n) is 9.96. The van der Waals surface area contributed by atoms with Crippen molar-refractivity contribution in [3.63, 3.8) is 0 Å². The zero-order valence-corrected chi connectivity index (χ0v) is 12.9. The number of rotatable bonds is 5. The van der Waals surface area contributed by atoms with Gasteiger partial charge < -0.3 is 5.73 Å². The van der Waals surface area contributed by atoms with Crippen LogP contribution in [0.25, 0.3) is 0 Å². The predicted octanol–water partition coefficient (Wildman–Crippen LogP) is 3.26. The van der Waals surface area contributed by atoms with Gasteiger partial charge in [0.1, 0.15) is 11.6 Å². The highest BCUT2D eigenvalue weighted by molar-refractivity contribution is 14.1. The monoisotopic (exact) mass is 351 g/mol. The van der Waals surface area contributed by atoms with E-state index in [1.165, 1.54) is 0 Å². The first-order valence-electron chi connectivity index (χ1n) is 5.47. The Morgan fingerprint density at radius 3 is 2.62 bits per heavy atom. The summed E-state index contributed by atoms with van der Waals surface area (Å²) in [5, 5.41) is 0.596. The molecule has 1 aromatic heterocycles. The number of halogens is 1. The minimum Gasteiger partial charge on any atom is -0.383 e. The lowest BCUT2D eigenvalue weighted by Gasteiger charge is -2.09. The summed E-state index contributed by atoms with van der Waals surface area (Å²) in [5.74, 6) is 2.33. The van der Waals surface area contributed by atoms with Crippen molar-refractivity contribution in [2.45, 2.75) is 44.6 Å². The highest BCUT2D eigenvalue weighted by Crippen LogP contribution is 2.21. The smallest absolute Gasteiger partial charge is 0.140 e. The third-order valence-electron chi connectivity index (χ3n) is 2.02. The van der Waals surface area contributed by atoms with Gasteiger partial charge in [-0.2, -0.15) is 11.8 Å². The average Bonchev–Trinajstić information content (AvgIpc) is 2.22. The van der Waals surface area contributed by atoms with Crippen LogP contribution in [0.4, 0.5) is 5.82 Å². The highest BCUT2D eigenvalue weighted by Gasteiger charge is 2.09. The van der Waals surface area contributed by atoms with Crippen molar-refractivity contribution in [3.8, 4) is 0 Å². The van der Waals surface area contributed by atoms with Gasteiger partial charge in [0.2, 0.25) is 0 Å². The number of aryl methyl sites for hydroxylation is 1. The fourth-order valence-electron chi connectivity index (χ4n) is 1.27. The molecule has 0 aliphatic carbocycles. The molecule has 0 amide bonds. The largest absolute Gasteiger partial charge is 0.383 e. The topological polar surface area (TPSA) is 51.8 Å². The molecule has 0 aromatic carbocycles. The summed E-state index contributed by atoms with van der Waals surface area (Å²) in [6.07, 6.45) is 2.06. The Balaban J connectivity index is 2.86. The summed E-state index contributed by atoms with van der Waals surface area (Å²) in [7, 11) is 0. The summed E-state index contributed by atoms with van der Waals surface area (Å²) < 4.78 is 1.01. The van der Waals surface area contributed by atoms with Crippen LogP contribution in [-0.4, -0.2) is 15.2 Å². The molecule has 0 fully saturated rings. The van der Waals surface area contributed by atoms with E-state index in [1.54, 1.807) is 0 Å². The van der Waals surface area contributed by atoms with Gasteiger partial charge in [0.25, 0.3) is 0 Å². The molecule has 0 saturated carbocycles. The summed E-state index contributed by atoms with van der Waals surface area (Å²) >= 11 is 4.07. The summed E-state index contributed by atoms with van der Waals surface area (Å²) in [6, 6.07) is 0. The Kier molecular flexibility index (Phi) is 5.82. The number of nitrogens with two attached hydrogens (primary N) is 1. The van der Waals surface area contributed by atoms with Crippen LogP contribution in [0.15, 0.2) is 0 Å². The number of thioether (sulfide) groups is 1. The minimum absolute atomic E-state index is 0.596. The van der Waals surface area contributed by atoms with Gasteiger partial charge in [-0.15, -0.1) is 0 Å². The third-order valence-corrected chi connectivity index (χ3v) is 4.29. The van der Waals surface area contributed by atoms with E-state index in [4.69, 9.17) is 5.73 Å². The number of nitrogens with zero attached hydrogens (tertiary/aromatic N) is 2. The van der Waals surface area contributed by atoms with Gasteiger partial charge in [-0.3, -0.25) is 0 Å². The molecule has 0 radical (unpaired) electrons. The van der Waals surface area contributed by atoms with Crippen molar-refractivity contribution >= 4 is 40.2 Å². The standard InChI is InChI=1S/C11H18IN3S/c1-4-5-8-10(12)11(13)15-9(14-8)6-16-7(2)3/h7H,4-6H2,1-3H3,(H2,13,14,15). The maximum absolute atomic E-state index is 5.89. The van der Waals surface area contributed by atoms with Gasteiger partial charge in [0.15, 0.2) is 0 Å². The Bertz CT molecular complexity index is 355. The molecule has 0 atom stereocenters. The maximum atomic E-state index is 5.89. The fraction of sp³-hybridized carbons (Fsp3) is 0.636. The molecule has 2 N–H and O–H groups in total. The summed E-state index contributed by atoms with van der Waals surface area (Å²) in [5.41, 5.74) is 6.98. The van der Waals surface area contributed by atoms with Crippen molar-refractivity contribution in [2.24, 2.45) is 0 Å². The van der Waals surface area contributed by atoms with Crippen LogP contribution in [-0.2, 0) is 12.2 Å². The van der Waals surface area contributed by atoms with Gasteiger partial charge in [0, 0.05) is 0 Å². The Hall–Kier alpha value is -0.0400. The summed E-state index contributed by atoms with van der Waals surface area (Å²) in [6.45, 7) is 6.50. The van der Waals surface area contributed by atoms with Crippen LogP contribution in [0.1, 0.15) is 38.7 Å². The molecular formula is C11H18IN3S. The van der Waals surface area contributed by atoms with Crippen LogP contribution in [0.2, 0.25) is 0 Å². The minimum atomic E-state index is 0.596. The molecule has 16 heavy (non-hydrogen) atoms. The van der Waals surface area contributed by atoms with E-state index in [0.29, 0.717) is 11.1 Å². The Labute approximate surface area is 115 Å². The van der Waals surface area contributed by atoms with E-state index in [0.717, 1.165) is 33.7 Å². The van der Waals surface area contributed by atoms with Crippen LogP contribution >= 0.6 is 34.4 Å². The number of nitrogen functional groups attached to an aromatic ring is 1. The zero-order chi connectivity index (χ0) is 12.1. The SMILES string of the molecule is CCCc1nc(CSC(C)C)nc(N)c1I. The molecule has 1 rings (SSSR count). The molecule has 90 valence electrons. The van der Waals surface area contributed by atoms with Gasteiger partial charge >= 0.3 is 0 Å². The molecule has 0 spiro atoms. The predicted molar refractivity (Wildman–Crippen MR) is 79.6 cm³/mol. The first-order chi connectivity index (χ1) is 7.54. The van der Waals surface area contributed by atoms with Gasteiger partial charge in [-0.05, 0) is 34.3 Å². The lowest BCUT2D eigenvalue weighted by atomic mass is 10.2. The van der Waals surface area contributed by atoms with Crippen LogP contribution in [0.5, 0.6) is 0 Å². The number of hydrogen-bond donors (Lipinski definition) is 1. The first-order valence-corrected chi connectivity index (χ1v) is 7.59. The van der Waals surface area contributed by atoms with E-state index in [-0.39, 0.29) is 0 Å². The molecule has 0 aliphatic heterocycles.